The Labute approximate surface area is 121 Å². The molecule has 1 saturated heterocycles. The molecule has 4 heteroatoms. The van der Waals surface area contributed by atoms with Gasteiger partial charge in [0.15, 0.2) is 0 Å². The highest BCUT2D eigenvalue weighted by Crippen LogP contribution is 2.20. The minimum Gasteiger partial charge on any atom is -0.491 e. The molecule has 0 spiro atoms. The van der Waals surface area contributed by atoms with E-state index in [1.165, 1.54) is 5.56 Å². The maximum absolute atomic E-state index is 5.96. The van der Waals surface area contributed by atoms with Crippen molar-refractivity contribution in [3.8, 4) is 5.75 Å². The van der Waals surface area contributed by atoms with E-state index in [0.29, 0.717) is 6.61 Å². The molecule has 0 saturated carbocycles. The Bertz CT molecular complexity index is 409. The third kappa shape index (κ3) is 4.47. The lowest BCUT2D eigenvalue weighted by molar-refractivity contribution is -0.0465. The fraction of sp³-hybridized carbons (Fsp3) is 0.625. The van der Waals surface area contributed by atoms with Crippen molar-refractivity contribution in [2.45, 2.75) is 32.4 Å². The molecule has 2 N–H and O–H groups in total. The van der Waals surface area contributed by atoms with Crippen molar-refractivity contribution in [3.05, 3.63) is 29.8 Å². The molecule has 2 rings (SSSR count). The second kappa shape index (κ2) is 7.62. The van der Waals surface area contributed by atoms with Gasteiger partial charge in [-0.3, -0.25) is 4.90 Å². The normalized spacial score (nSPS) is 21.6. The van der Waals surface area contributed by atoms with Crippen LogP contribution in [0.4, 0.5) is 0 Å². The molecular weight excluding hydrogens is 252 g/mol. The van der Waals surface area contributed by atoms with Gasteiger partial charge in [-0.15, -0.1) is 0 Å². The highest BCUT2D eigenvalue weighted by atomic mass is 16.5. The fourth-order valence-electron chi connectivity index (χ4n) is 2.51. The summed E-state index contributed by atoms with van der Waals surface area (Å²) in [5.41, 5.74) is 7.05. The maximum atomic E-state index is 5.96. The summed E-state index contributed by atoms with van der Waals surface area (Å²) in [5.74, 6) is 0.932. The highest BCUT2D eigenvalue weighted by Gasteiger charge is 2.20. The molecule has 0 bridgehead atoms. The van der Waals surface area contributed by atoms with E-state index >= 15 is 0 Å². The van der Waals surface area contributed by atoms with Crippen LogP contribution in [0.25, 0.3) is 0 Å². The number of nitrogens with zero attached hydrogens (tertiary/aromatic N) is 1. The molecule has 0 aromatic heterocycles. The van der Waals surface area contributed by atoms with E-state index in [4.69, 9.17) is 15.2 Å². The Morgan fingerprint density at radius 1 is 1.45 bits per heavy atom. The van der Waals surface area contributed by atoms with E-state index in [0.717, 1.165) is 38.4 Å². The molecule has 0 amide bonds. The number of likely N-dealkylation sites (N-methyl/N-ethyl adjacent to an activating group) is 1. The van der Waals surface area contributed by atoms with Gasteiger partial charge in [-0.25, -0.2) is 0 Å². The van der Waals surface area contributed by atoms with Crippen molar-refractivity contribution in [3.63, 3.8) is 0 Å². The molecule has 1 fully saturated rings. The first-order valence-electron chi connectivity index (χ1n) is 7.49. The van der Waals surface area contributed by atoms with E-state index in [9.17, 15) is 0 Å². The van der Waals surface area contributed by atoms with Gasteiger partial charge in [0.05, 0.1) is 6.61 Å². The number of morpholine rings is 1. The first-order valence-corrected chi connectivity index (χ1v) is 7.49. The zero-order chi connectivity index (χ0) is 14.4. The largest absolute Gasteiger partial charge is 0.491 e. The Balaban J connectivity index is 1.90. The number of hydrogen-bond donors (Lipinski definition) is 1. The van der Waals surface area contributed by atoms with Gasteiger partial charge in [0.2, 0.25) is 0 Å². The first-order chi connectivity index (χ1) is 9.69. The molecule has 1 aliphatic rings. The van der Waals surface area contributed by atoms with Crippen molar-refractivity contribution >= 4 is 0 Å². The SMILES string of the molecule is CCN1CCOC(COc2ccccc2CC(C)N)C1. The highest BCUT2D eigenvalue weighted by molar-refractivity contribution is 5.33. The third-order valence-corrected chi connectivity index (χ3v) is 3.61. The summed E-state index contributed by atoms with van der Waals surface area (Å²) in [5, 5.41) is 0. The van der Waals surface area contributed by atoms with Crippen LogP contribution in [-0.4, -0.2) is 49.9 Å². The molecule has 1 aromatic carbocycles. The monoisotopic (exact) mass is 278 g/mol. The number of para-hydroxylation sites is 1. The van der Waals surface area contributed by atoms with Crippen LogP contribution in [0.15, 0.2) is 24.3 Å². The van der Waals surface area contributed by atoms with Crippen molar-refractivity contribution in [1.29, 1.82) is 0 Å². The summed E-state index contributed by atoms with van der Waals surface area (Å²) in [7, 11) is 0. The minimum absolute atomic E-state index is 0.140. The van der Waals surface area contributed by atoms with Gasteiger partial charge in [0, 0.05) is 19.1 Å². The average Bonchev–Trinajstić information content (AvgIpc) is 2.46. The number of hydrogen-bond acceptors (Lipinski definition) is 4. The number of ether oxygens (including phenoxy) is 2. The zero-order valence-corrected chi connectivity index (χ0v) is 12.5. The Hall–Kier alpha value is -1.10. The smallest absolute Gasteiger partial charge is 0.122 e. The van der Waals surface area contributed by atoms with Gasteiger partial charge in [-0.2, -0.15) is 0 Å². The van der Waals surface area contributed by atoms with Crippen molar-refractivity contribution < 1.29 is 9.47 Å². The first kappa shape index (κ1) is 15.3. The van der Waals surface area contributed by atoms with Gasteiger partial charge < -0.3 is 15.2 Å². The van der Waals surface area contributed by atoms with Crippen LogP contribution >= 0.6 is 0 Å². The maximum Gasteiger partial charge on any atom is 0.122 e. The Kier molecular flexibility index (Phi) is 5.83. The average molecular weight is 278 g/mol. The topological polar surface area (TPSA) is 47.7 Å². The van der Waals surface area contributed by atoms with E-state index in [1.807, 2.05) is 25.1 Å². The fourth-order valence-corrected chi connectivity index (χ4v) is 2.51. The van der Waals surface area contributed by atoms with Crippen LogP contribution in [0, 0.1) is 0 Å². The molecule has 0 aliphatic carbocycles. The molecule has 1 aromatic rings. The predicted octanol–water partition coefficient (Wildman–Crippen LogP) is 1.68. The van der Waals surface area contributed by atoms with Crippen LogP contribution in [0.5, 0.6) is 5.75 Å². The third-order valence-electron chi connectivity index (χ3n) is 3.61. The molecule has 4 nitrogen and oxygen atoms in total. The summed E-state index contributed by atoms with van der Waals surface area (Å²) in [6, 6.07) is 8.26. The Morgan fingerprint density at radius 3 is 3.00 bits per heavy atom. The number of nitrogens with two attached hydrogens (primary N) is 1. The standard InChI is InChI=1S/C16H26N2O2/c1-3-18-8-9-19-15(11-18)12-20-16-7-5-4-6-14(16)10-13(2)17/h4-7,13,15H,3,8-12,17H2,1-2H3. The van der Waals surface area contributed by atoms with Crippen molar-refractivity contribution in [2.75, 3.05) is 32.8 Å². The zero-order valence-electron chi connectivity index (χ0n) is 12.5. The summed E-state index contributed by atoms with van der Waals surface area (Å²) in [6.07, 6.45) is 0.995. The summed E-state index contributed by atoms with van der Waals surface area (Å²) < 4.78 is 11.7. The number of rotatable bonds is 6. The molecule has 1 heterocycles. The molecule has 112 valence electrons. The predicted molar refractivity (Wildman–Crippen MR) is 81.1 cm³/mol. The van der Waals surface area contributed by atoms with Crippen LogP contribution in [0.3, 0.4) is 0 Å². The van der Waals surface area contributed by atoms with E-state index in [1.54, 1.807) is 0 Å². The minimum atomic E-state index is 0.140. The van der Waals surface area contributed by atoms with Crippen LogP contribution in [0.2, 0.25) is 0 Å². The molecule has 20 heavy (non-hydrogen) atoms. The van der Waals surface area contributed by atoms with Gasteiger partial charge in [-0.05, 0) is 31.5 Å². The second-order valence-electron chi connectivity index (χ2n) is 5.49. The van der Waals surface area contributed by atoms with E-state index in [-0.39, 0.29) is 12.1 Å². The summed E-state index contributed by atoms with van der Waals surface area (Å²) in [6.45, 7) is 8.64. The molecular formula is C16H26N2O2. The molecule has 0 radical (unpaired) electrons. The molecule has 2 atom stereocenters. The summed E-state index contributed by atoms with van der Waals surface area (Å²) in [4.78, 5) is 2.39. The lowest BCUT2D eigenvalue weighted by Gasteiger charge is -2.32. The van der Waals surface area contributed by atoms with Gasteiger partial charge in [0.25, 0.3) is 0 Å². The lowest BCUT2D eigenvalue weighted by Crippen LogP contribution is -2.44. The lowest BCUT2D eigenvalue weighted by atomic mass is 10.1. The molecule has 2 unspecified atom stereocenters. The molecule has 1 aliphatic heterocycles. The van der Waals surface area contributed by atoms with Crippen LogP contribution < -0.4 is 10.5 Å². The van der Waals surface area contributed by atoms with Crippen molar-refractivity contribution in [2.24, 2.45) is 5.73 Å². The number of benzene rings is 1. The second-order valence-corrected chi connectivity index (χ2v) is 5.49. The van der Waals surface area contributed by atoms with Crippen molar-refractivity contribution in [1.82, 2.24) is 4.90 Å². The van der Waals surface area contributed by atoms with E-state index in [2.05, 4.69) is 17.9 Å². The Morgan fingerprint density at radius 2 is 2.25 bits per heavy atom. The van der Waals surface area contributed by atoms with Crippen LogP contribution in [-0.2, 0) is 11.2 Å². The van der Waals surface area contributed by atoms with Gasteiger partial charge in [-0.1, -0.05) is 25.1 Å². The quantitative estimate of drug-likeness (QED) is 0.860. The van der Waals surface area contributed by atoms with Gasteiger partial charge >= 0.3 is 0 Å². The van der Waals surface area contributed by atoms with E-state index < -0.39 is 0 Å². The van der Waals surface area contributed by atoms with Crippen LogP contribution in [0.1, 0.15) is 19.4 Å². The van der Waals surface area contributed by atoms with Gasteiger partial charge in [0.1, 0.15) is 18.5 Å². The summed E-state index contributed by atoms with van der Waals surface area (Å²) >= 11 is 0.